The Kier molecular flexibility index (Phi) is 4.76. The van der Waals surface area contributed by atoms with Crippen LogP contribution in [0, 0.1) is 0 Å². The number of H-pyrrole nitrogens is 1. The minimum Gasteiger partial charge on any atom is -0.379 e. The number of rotatable bonds is 4. The van der Waals surface area contributed by atoms with E-state index in [2.05, 4.69) is 9.88 Å². The van der Waals surface area contributed by atoms with Gasteiger partial charge in [-0.15, -0.1) is 0 Å². The number of fused-ring (bicyclic) bond motifs is 1. The summed E-state index contributed by atoms with van der Waals surface area (Å²) in [6.45, 7) is 5.81. The molecule has 2 atom stereocenters. The summed E-state index contributed by atoms with van der Waals surface area (Å²) in [4.78, 5) is 34.6. The smallest absolute Gasteiger partial charge is 0.270 e. The molecule has 0 bridgehead atoms. The van der Waals surface area contributed by atoms with Gasteiger partial charge in [-0.05, 0) is 25.0 Å². The SMILES string of the molecule is O=C1CC[C@H]2[C@H](CCN2C(=O)c2ccc[nH]2)N1CCN1CCOCC1. The second kappa shape index (κ2) is 7.17. The predicted molar refractivity (Wildman–Crippen MR) is 92.2 cm³/mol. The number of amides is 2. The molecule has 3 fully saturated rings. The first-order valence-electron chi connectivity index (χ1n) is 9.28. The van der Waals surface area contributed by atoms with E-state index in [-0.39, 0.29) is 23.9 Å². The van der Waals surface area contributed by atoms with Crippen LogP contribution < -0.4 is 0 Å². The monoisotopic (exact) mass is 346 g/mol. The summed E-state index contributed by atoms with van der Waals surface area (Å²) < 4.78 is 5.39. The van der Waals surface area contributed by atoms with Crippen LogP contribution in [0.2, 0.25) is 0 Å². The van der Waals surface area contributed by atoms with Crippen LogP contribution in [0.25, 0.3) is 0 Å². The fraction of sp³-hybridized carbons (Fsp3) is 0.667. The molecule has 3 saturated heterocycles. The summed E-state index contributed by atoms with van der Waals surface area (Å²) in [6, 6.07) is 3.99. The molecular formula is C18H26N4O3. The Labute approximate surface area is 147 Å². The van der Waals surface area contributed by atoms with Crippen molar-refractivity contribution < 1.29 is 14.3 Å². The van der Waals surface area contributed by atoms with Crippen molar-refractivity contribution in [1.29, 1.82) is 0 Å². The molecule has 3 aliphatic heterocycles. The third-order valence-electron chi connectivity index (χ3n) is 5.73. The molecule has 0 saturated carbocycles. The maximum absolute atomic E-state index is 12.7. The van der Waals surface area contributed by atoms with Crippen LogP contribution in [-0.2, 0) is 9.53 Å². The zero-order valence-electron chi connectivity index (χ0n) is 14.5. The summed E-state index contributed by atoms with van der Waals surface area (Å²) in [5, 5.41) is 0. The highest BCUT2D eigenvalue weighted by Crippen LogP contribution is 2.32. The molecule has 0 aromatic carbocycles. The Balaban J connectivity index is 1.41. The summed E-state index contributed by atoms with van der Waals surface area (Å²) in [7, 11) is 0. The molecule has 7 heteroatoms. The molecule has 0 radical (unpaired) electrons. The highest BCUT2D eigenvalue weighted by atomic mass is 16.5. The first kappa shape index (κ1) is 16.6. The molecule has 7 nitrogen and oxygen atoms in total. The number of piperidine rings is 1. The lowest BCUT2D eigenvalue weighted by molar-refractivity contribution is -0.137. The third kappa shape index (κ3) is 3.30. The number of carbonyl (C=O) groups excluding carboxylic acids is 2. The number of nitrogens with zero attached hydrogens (tertiary/aromatic N) is 3. The van der Waals surface area contributed by atoms with Gasteiger partial charge in [-0.1, -0.05) is 0 Å². The molecule has 25 heavy (non-hydrogen) atoms. The van der Waals surface area contributed by atoms with Gasteiger partial charge in [0.25, 0.3) is 5.91 Å². The maximum atomic E-state index is 12.7. The van der Waals surface area contributed by atoms with Crippen LogP contribution >= 0.6 is 0 Å². The molecule has 0 unspecified atom stereocenters. The predicted octanol–water partition coefficient (Wildman–Crippen LogP) is 0.552. The molecule has 4 heterocycles. The van der Waals surface area contributed by atoms with Gasteiger partial charge in [0.05, 0.1) is 25.3 Å². The van der Waals surface area contributed by atoms with E-state index < -0.39 is 0 Å². The van der Waals surface area contributed by atoms with Crippen LogP contribution in [0.5, 0.6) is 0 Å². The number of hydrogen-bond acceptors (Lipinski definition) is 4. The lowest BCUT2D eigenvalue weighted by Crippen LogP contribution is -2.55. The van der Waals surface area contributed by atoms with E-state index in [0.29, 0.717) is 12.1 Å². The second-order valence-electron chi connectivity index (χ2n) is 7.09. The van der Waals surface area contributed by atoms with Crippen molar-refractivity contribution in [2.24, 2.45) is 0 Å². The van der Waals surface area contributed by atoms with Crippen molar-refractivity contribution in [3.8, 4) is 0 Å². The molecule has 1 N–H and O–H groups in total. The molecule has 3 aliphatic rings. The molecule has 1 aromatic rings. The van der Waals surface area contributed by atoms with Gasteiger partial charge in [-0.3, -0.25) is 14.5 Å². The summed E-state index contributed by atoms with van der Waals surface area (Å²) in [6.07, 6.45) is 3.98. The molecular weight excluding hydrogens is 320 g/mol. The largest absolute Gasteiger partial charge is 0.379 e. The number of carbonyl (C=O) groups is 2. The van der Waals surface area contributed by atoms with Crippen LogP contribution in [0.4, 0.5) is 0 Å². The molecule has 2 amide bonds. The van der Waals surface area contributed by atoms with E-state index in [4.69, 9.17) is 4.74 Å². The van der Waals surface area contributed by atoms with E-state index in [1.54, 1.807) is 6.20 Å². The Hall–Kier alpha value is -1.86. The maximum Gasteiger partial charge on any atom is 0.270 e. The average Bonchev–Trinajstić information content (AvgIpc) is 3.31. The topological polar surface area (TPSA) is 68.9 Å². The van der Waals surface area contributed by atoms with Crippen molar-refractivity contribution in [1.82, 2.24) is 19.7 Å². The van der Waals surface area contributed by atoms with Crippen LogP contribution in [-0.4, -0.2) is 89.5 Å². The molecule has 0 spiro atoms. The lowest BCUT2D eigenvalue weighted by atomic mass is 9.96. The minimum absolute atomic E-state index is 0.0555. The molecule has 0 aliphatic carbocycles. The molecule has 4 rings (SSSR count). The summed E-state index contributed by atoms with van der Waals surface area (Å²) in [5.41, 5.74) is 0.636. The average molecular weight is 346 g/mol. The van der Waals surface area contributed by atoms with Crippen LogP contribution in [0.15, 0.2) is 18.3 Å². The van der Waals surface area contributed by atoms with E-state index in [1.807, 2.05) is 21.9 Å². The highest BCUT2D eigenvalue weighted by Gasteiger charge is 2.45. The zero-order valence-corrected chi connectivity index (χ0v) is 14.5. The van der Waals surface area contributed by atoms with E-state index in [1.165, 1.54) is 0 Å². The summed E-state index contributed by atoms with van der Waals surface area (Å²) >= 11 is 0. The van der Waals surface area contributed by atoms with Crippen LogP contribution in [0.3, 0.4) is 0 Å². The quantitative estimate of drug-likeness (QED) is 0.865. The fourth-order valence-corrected chi connectivity index (χ4v) is 4.38. The Morgan fingerprint density at radius 2 is 2.00 bits per heavy atom. The minimum atomic E-state index is 0.0555. The first-order valence-corrected chi connectivity index (χ1v) is 9.28. The number of aromatic amines is 1. The first-order chi connectivity index (χ1) is 12.2. The Morgan fingerprint density at radius 3 is 2.76 bits per heavy atom. The lowest BCUT2D eigenvalue weighted by Gasteiger charge is -2.40. The van der Waals surface area contributed by atoms with Crippen molar-refractivity contribution in [3.63, 3.8) is 0 Å². The summed E-state index contributed by atoms with van der Waals surface area (Å²) in [5.74, 6) is 0.295. The Morgan fingerprint density at radius 1 is 1.16 bits per heavy atom. The number of nitrogens with one attached hydrogen (secondary N) is 1. The highest BCUT2D eigenvalue weighted by molar-refractivity contribution is 5.93. The van der Waals surface area contributed by atoms with E-state index in [0.717, 1.165) is 58.8 Å². The Bertz CT molecular complexity index is 612. The van der Waals surface area contributed by atoms with Gasteiger partial charge in [0.2, 0.25) is 5.91 Å². The van der Waals surface area contributed by atoms with Gasteiger partial charge in [0, 0.05) is 45.3 Å². The van der Waals surface area contributed by atoms with Crippen molar-refractivity contribution in [2.45, 2.75) is 31.3 Å². The zero-order chi connectivity index (χ0) is 17.2. The van der Waals surface area contributed by atoms with Crippen LogP contribution in [0.1, 0.15) is 29.8 Å². The molecule has 136 valence electrons. The number of likely N-dealkylation sites (tertiary alicyclic amines) is 2. The van der Waals surface area contributed by atoms with Gasteiger partial charge < -0.3 is 19.5 Å². The van der Waals surface area contributed by atoms with Crippen molar-refractivity contribution in [3.05, 3.63) is 24.0 Å². The van der Waals surface area contributed by atoms with Gasteiger partial charge >= 0.3 is 0 Å². The van der Waals surface area contributed by atoms with E-state index in [9.17, 15) is 9.59 Å². The van der Waals surface area contributed by atoms with E-state index >= 15 is 0 Å². The fourth-order valence-electron chi connectivity index (χ4n) is 4.38. The number of hydrogen-bond donors (Lipinski definition) is 1. The number of ether oxygens (including phenoxy) is 1. The standard InChI is InChI=1S/C18H26N4O3/c23-17-4-3-15-16(21(17)9-8-20-10-12-25-13-11-20)5-7-22(15)18(24)14-2-1-6-19-14/h1-2,6,15-16,19H,3-5,7-13H2/t15-,16-/m0/s1. The number of morpholine rings is 1. The van der Waals surface area contributed by atoms with Gasteiger partial charge in [-0.2, -0.15) is 0 Å². The molecule has 1 aromatic heterocycles. The van der Waals surface area contributed by atoms with Gasteiger partial charge in [0.1, 0.15) is 5.69 Å². The van der Waals surface area contributed by atoms with Gasteiger partial charge in [0.15, 0.2) is 0 Å². The van der Waals surface area contributed by atoms with Crippen molar-refractivity contribution >= 4 is 11.8 Å². The third-order valence-corrected chi connectivity index (χ3v) is 5.73. The van der Waals surface area contributed by atoms with Gasteiger partial charge in [-0.25, -0.2) is 0 Å². The normalized spacial score (nSPS) is 27.6. The number of aromatic nitrogens is 1. The second-order valence-corrected chi connectivity index (χ2v) is 7.09. The van der Waals surface area contributed by atoms with Crippen molar-refractivity contribution in [2.75, 3.05) is 45.9 Å².